The van der Waals surface area contributed by atoms with Crippen LogP contribution in [0.15, 0.2) is 23.0 Å². The van der Waals surface area contributed by atoms with Gasteiger partial charge in [-0.15, -0.1) is 0 Å². The Morgan fingerprint density at radius 3 is 3.05 bits per heavy atom. The van der Waals surface area contributed by atoms with E-state index in [-0.39, 0.29) is 0 Å². The van der Waals surface area contributed by atoms with Gasteiger partial charge in [-0.1, -0.05) is 11.6 Å². The Labute approximate surface area is 113 Å². The third-order valence-electron chi connectivity index (χ3n) is 3.93. The van der Waals surface area contributed by atoms with E-state index in [1.54, 1.807) is 0 Å². The Morgan fingerprint density at radius 1 is 1.42 bits per heavy atom. The van der Waals surface area contributed by atoms with Crippen molar-refractivity contribution in [1.82, 2.24) is 15.0 Å². The monoisotopic (exact) mass is 259 g/mol. The molecule has 1 N–H and O–H groups in total. The first-order chi connectivity index (χ1) is 9.26. The van der Waals surface area contributed by atoms with Crippen molar-refractivity contribution in [3.8, 4) is 0 Å². The maximum Gasteiger partial charge on any atom is 0.133 e. The topological polar surface area (TPSA) is 43.0 Å². The summed E-state index contributed by atoms with van der Waals surface area (Å²) in [6, 6.07) is 2.50. The highest BCUT2D eigenvalue weighted by Crippen LogP contribution is 2.29. The van der Waals surface area contributed by atoms with E-state index >= 15 is 0 Å². The number of nitrogens with one attached hydrogen (secondary N) is 1. The predicted molar refractivity (Wildman–Crippen MR) is 74.1 cm³/mol. The Kier molecular flexibility index (Phi) is 3.42. The summed E-state index contributed by atoms with van der Waals surface area (Å²) in [5, 5.41) is 7.50. The van der Waals surface area contributed by atoms with Gasteiger partial charge in [-0.2, -0.15) is 0 Å². The highest BCUT2D eigenvalue weighted by atomic mass is 16.5. The number of hydrogen-bond donors (Lipinski definition) is 1. The fourth-order valence-corrected chi connectivity index (χ4v) is 2.99. The Balaban J connectivity index is 1.84. The average molecular weight is 259 g/mol. The van der Waals surface area contributed by atoms with E-state index in [1.807, 2.05) is 13.0 Å². The molecule has 0 spiro atoms. The maximum absolute atomic E-state index is 5.13. The van der Waals surface area contributed by atoms with E-state index < -0.39 is 0 Å². The minimum atomic E-state index is 0.498. The first-order valence-electron chi connectivity index (χ1n) is 7.04. The summed E-state index contributed by atoms with van der Waals surface area (Å²) < 4.78 is 7.36. The van der Waals surface area contributed by atoms with Crippen LogP contribution >= 0.6 is 0 Å². The van der Waals surface area contributed by atoms with Gasteiger partial charge >= 0.3 is 0 Å². The Morgan fingerprint density at radius 2 is 2.32 bits per heavy atom. The van der Waals surface area contributed by atoms with Crippen LogP contribution in [0.5, 0.6) is 0 Å². The maximum atomic E-state index is 5.13. The van der Waals surface area contributed by atoms with Crippen molar-refractivity contribution < 1.29 is 4.52 Å². The van der Waals surface area contributed by atoms with Gasteiger partial charge in [-0.05, 0) is 44.4 Å². The van der Waals surface area contributed by atoms with Gasteiger partial charge in [0.05, 0.1) is 6.54 Å². The van der Waals surface area contributed by atoms with E-state index in [4.69, 9.17) is 4.52 Å². The molecule has 1 atom stereocenters. The standard InChI is InChI=1S/C15H21N3O/c1-11-7-13(17-19-11)9-18-8-12-5-3-4-6-15(16-2)14(12)10-18/h7-8,10,15-16H,3-6,9H2,1-2H3. The SMILES string of the molecule is CNC1CCCCc2cn(Cc3cc(C)on3)cc21. The molecule has 0 saturated heterocycles. The van der Waals surface area contributed by atoms with Gasteiger partial charge in [-0.3, -0.25) is 0 Å². The summed E-state index contributed by atoms with van der Waals surface area (Å²) in [6.45, 7) is 2.72. The molecule has 2 aromatic rings. The quantitative estimate of drug-likeness (QED) is 0.862. The van der Waals surface area contributed by atoms with Crippen LogP contribution in [0.25, 0.3) is 0 Å². The molecule has 0 amide bonds. The molecule has 0 fully saturated rings. The fourth-order valence-electron chi connectivity index (χ4n) is 2.99. The van der Waals surface area contributed by atoms with Crippen LogP contribution in [0.3, 0.4) is 0 Å². The second-order valence-corrected chi connectivity index (χ2v) is 5.43. The lowest BCUT2D eigenvalue weighted by molar-refractivity contribution is 0.389. The van der Waals surface area contributed by atoms with Gasteiger partial charge in [0.1, 0.15) is 11.5 Å². The zero-order chi connectivity index (χ0) is 13.2. The molecule has 0 aliphatic heterocycles. The molecule has 1 aliphatic carbocycles. The molecule has 0 saturated carbocycles. The molecule has 2 heterocycles. The van der Waals surface area contributed by atoms with Crippen LogP contribution in [0, 0.1) is 6.92 Å². The minimum Gasteiger partial charge on any atom is -0.361 e. The van der Waals surface area contributed by atoms with Crippen LogP contribution in [0.2, 0.25) is 0 Å². The Bertz CT molecular complexity index is 555. The van der Waals surface area contributed by atoms with Crippen molar-refractivity contribution in [3.05, 3.63) is 41.0 Å². The molecule has 0 radical (unpaired) electrons. The minimum absolute atomic E-state index is 0.498. The van der Waals surface area contributed by atoms with Crippen molar-refractivity contribution in [2.45, 2.75) is 45.2 Å². The summed E-state index contributed by atoms with van der Waals surface area (Å²) in [5.41, 5.74) is 3.93. The van der Waals surface area contributed by atoms with Gasteiger partial charge in [-0.25, -0.2) is 0 Å². The van der Waals surface area contributed by atoms with Crippen molar-refractivity contribution in [3.63, 3.8) is 0 Å². The molecule has 102 valence electrons. The molecule has 0 bridgehead atoms. The normalized spacial score (nSPS) is 19.2. The van der Waals surface area contributed by atoms with Gasteiger partial charge in [0.25, 0.3) is 0 Å². The summed E-state index contributed by atoms with van der Waals surface area (Å²) in [5.74, 6) is 0.872. The van der Waals surface area contributed by atoms with Gasteiger partial charge < -0.3 is 14.4 Å². The zero-order valence-corrected chi connectivity index (χ0v) is 11.6. The highest BCUT2D eigenvalue weighted by molar-refractivity contribution is 5.29. The van der Waals surface area contributed by atoms with Crippen molar-refractivity contribution >= 4 is 0 Å². The Hall–Kier alpha value is -1.55. The van der Waals surface area contributed by atoms with E-state index in [0.29, 0.717) is 6.04 Å². The van der Waals surface area contributed by atoms with Crippen LogP contribution in [0.4, 0.5) is 0 Å². The zero-order valence-electron chi connectivity index (χ0n) is 11.6. The molecule has 1 unspecified atom stereocenters. The molecular formula is C15H21N3O. The van der Waals surface area contributed by atoms with Gasteiger partial charge in [0.2, 0.25) is 0 Å². The van der Waals surface area contributed by atoms with Crippen LogP contribution in [-0.4, -0.2) is 16.8 Å². The first-order valence-corrected chi connectivity index (χ1v) is 7.04. The van der Waals surface area contributed by atoms with E-state index in [9.17, 15) is 0 Å². The van der Waals surface area contributed by atoms with E-state index in [1.165, 1.54) is 36.8 Å². The number of hydrogen-bond acceptors (Lipinski definition) is 3. The third kappa shape index (κ3) is 2.59. The molecule has 3 rings (SSSR count). The number of aromatic nitrogens is 2. The average Bonchev–Trinajstić information content (AvgIpc) is 2.92. The first kappa shape index (κ1) is 12.5. The lowest BCUT2D eigenvalue weighted by atomic mass is 10.1. The largest absolute Gasteiger partial charge is 0.361 e. The molecule has 0 aromatic carbocycles. The number of nitrogens with zero attached hydrogens (tertiary/aromatic N) is 2. The van der Waals surface area contributed by atoms with E-state index in [2.05, 4.69) is 34.5 Å². The third-order valence-corrected chi connectivity index (χ3v) is 3.93. The van der Waals surface area contributed by atoms with E-state index in [0.717, 1.165) is 18.0 Å². The lowest BCUT2D eigenvalue weighted by Gasteiger charge is -2.13. The second kappa shape index (κ2) is 5.21. The van der Waals surface area contributed by atoms with Crippen LogP contribution < -0.4 is 5.32 Å². The molecule has 4 nitrogen and oxygen atoms in total. The van der Waals surface area contributed by atoms with Gasteiger partial charge in [0.15, 0.2) is 0 Å². The van der Waals surface area contributed by atoms with Gasteiger partial charge in [0, 0.05) is 24.5 Å². The smallest absolute Gasteiger partial charge is 0.133 e. The molecular weight excluding hydrogens is 238 g/mol. The second-order valence-electron chi connectivity index (χ2n) is 5.43. The summed E-state index contributed by atoms with van der Waals surface area (Å²) in [4.78, 5) is 0. The highest BCUT2D eigenvalue weighted by Gasteiger charge is 2.19. The number of rotatable bonds is 3. The van der Waals surface area contributed by atoms with Crippen LogP contribution in [0.1, 0.15) is 47.9 Å². The summed E-state index contributed by atoms with van der Waals surface area (Å²) in [7, 11) is 2.05. The van der Waals surface area contributed by atoms with Crippen molar-refractivity contribution in [1.29, 1.82) is 0 Å². The lowest BCUT2D eigenvalue weighted by Crippen LogP contribution is -2.15. The number of fused-ring (bicyclic) bond motifs is 1. The fraction of sp³-hybridized carbons (Fsp3) is 0.533. The molecule has 19 heavy (non-hydrogen) atoms. The summed E-state index contributed by atoms with van der Waals surface area (Å²) in [6.07, 6.45) is 9.57. The van der Waals surface area contributed by atoms with Crippen molar-refractivity contribution in [2.24, 2.45) is 0 Å². The van der Waals surface area contributed by atoms with Crippen molar-refractivity contribution in [2.75, 3.05) is 7.05 Å². The summed E-state index contributed by atoms with van der Waals surface area (Å²) >= 11 is 0. The predicted octanol–water partition coefficient (Wildman–Crippen LogP) is 2.82. The number of aryl methyl sites for hydroxylation is 2. The molecule has 1 aliphatic rings. The van der Waals surface area contributed by atoms with Crippen LogP contribution in [-0.2, 0) is 13.0 Å². The molecule has 2 aromatic heterocycles. The molecule has 4 heteroatoms.